The summed E-state index contributed by atoms with van der Waals surface area (Å²) in [6, 6.07) is 3.36. The summed E-state index contributed by atoms with van der Waals surface area (Å²) in [5.74, 6) is -0.403. The van der Waals surface area contributed by atoms with Gasteiger partial charge in [0.15, 0.2) is 0 Å². The van der Waals surface area contributed by atoms with E-state index < -0.39 is 17.6 Å². The molecule has 0 aliphatic heterocycles. The number of carbonyl (C=O) groups is 3. The zero-order chi connectivity index (χ0) is 26.0. The lowest BCUT2D eigenvalue weighted by Crippen LogP contribution is -2.43. The molecule has 0 unspecified atom stereocenters. The molecule has 0 fully saturated rings. The number of amides is 4. The van der Waals surface area contributed by atoms with E-state index in [2.05, 4.69) is 27.9 Å². The smallest absolute Gasteiger partial charge is 0.412 e. The number of hydrogen-bond acceptors (Lipinski definition) is 6. The first-order valence-corrected chi connectivity index (χ1v) is 12.8. The third kappa shape index (κ3) is 9.94. The van der Waals surface area contributed by atoms with Gasteiger partial charge in [-0.05, 0) is 52.7 Å². The highest BCUT2D eigenvalue weighted by atomic mass is 32.1. The molecule has 2 aromatic heterocycles. The van der Waals surface area contributed by atoms with Gasteiger partial charge in [-0.1, -0.05) is 25.8 Å². The summed E-state index contributed by atoms with van der Waals surface area (Å²) in [6.07, 6.45) is 4.06. The number of pyridine rings is 1. The van der Waals surface area contributed by atoms with Gasteiger partial charge in [0.1, 0.15) is 11.3 Å². The van der Waals surface area contributed by atoms with Crippen molar-refractivity contribution >= 4 is 40.7 Å². The van der Waals surface area contributed by atoms with E-state index in [4.69, 9.17) is 4.74 Å². The number of rotatable bonds is 10. The number of anilines is 2. The summed E-state index contributed by atoms with van der Waals surface area (Å²) in [5, 5.41) is 11.8. The van der Waals surface area contributed by atoms with Crippen molar-refractivity contribution in [2.24, 2.45) is 0 Å². The Balaban J connectivity index is 2.02. The molecule has 0 aliphatic rings. The number of aromatic nitrogens is 1. The van der Waals surface area contributed by atoms with Gasteiger partial charge < -0.3 is 20.3 Å². The Labute approximate surface area is 211 Å². The summed E-state index contributed by atoms with van der Waals surface area (Å²) in [7, 11) is 0. The van der Waals surface area contributed by atoms with Gasteiger partial charge in [-0.3, -0.25) is 15.1 Å². The molecule has 2 aromatic rings. The summed E-state index contributed by atoms with van der Waals surface area (Å²) < 4.78 is 5.27. The van der Waals surface area contributed by atoms with E-state index in [0.717, 1.165) is 24.8 Å². The van der Waals surface area contributed by atoms with Crippen LogP contribution < -0.4 is 16.0 Å². The fraction of sp³-hybridized carbons (Fsp3) is 0.520. The molecule has 4 amide bonds. The van der Waals surface area contributed by atoms with Gasteiger partial charge in [-0.15, -0.1) is 11.3 Å². The van der Waals surface area contributed by atoms with Gasteiger partial charge in [-0.2, -0.15) is 0 Å². The molecule has 0 atom stereocenters. The number of nitrogens with zero attached hydrogens (tertiary/aromatic N) is 2. The molecule has 10 heteroatoms. The zero-order valence-corrected chi connectivity index (χ0v) is 22.3. The van der Waals surface area contributed by atoms with Crippen molar-refractivity contribution in [2.75, 3.05) is 17.2 Å². The quantitative estimate of drug-likeness (QED) is 0.352. The Bertz CT molecular complexity index is 982. The second-order valence-corrected chi connectivity index (χ2v) is 10.3. The Morgan fingerprint density at radius 1 is 1.09 bits per heavy atom. The van der Waals surface area contributed by atoms with Crippen LogP contribution in [0.15, 0.2) is 29.1 Å². The SMILES string of the molecule is CCCCCN(Cc1ccc(C(=O)Nc2cscc2NC(=O)OC(C)(C)C)nc1)C(=O)NC(C)C. The van der Waals surface area contributed by atoms with E-state index in [1.807, 2.05) is 13.8 Å². The number of urea groups is 1. The van der Waals surface area contributed by atoms with Crippen LogP contribution in [0.2, 0.25) is 0 Å². The van der Waals surface area contributed by atoms with Crippen LogP contribution in [0.1, 0.15) is 76.9 Å². The van der Waals surface area contributed by atoms with Crippen LogP contribution in [0, 0.1) is 0 Å². The van der Waals surface area contributed by atoms with Gasteiger partial charge in [0.2, 0.25) is 0 Å². The molecule has 0 aromatic carbocycles. The van der Waals surface area contributed by atoms with Crippen LogP contribution in [0.3, 0.4) is 0 Å². The average molecular weight is 504 g/mol. The highest BCUT2D eigenvalue weighted by molar-refractivity contribution is 7.09. The minimum Gasteiger partial charge on any atom is -0.444 e. The zero-order valence-electron chi connectivity index (χ0n) is 21.4. The number of hydrogen-bond donors (Lipinski definition) is 3. The fourth-order valence-electron chi connectivity index (χ4n) is 3.11. The highest BCUT2D eigenvalue weighted by Crippen LogP contribution is 2.27. The number of nitrogens with one attached hydrogen (secondary N) is 3. The second-order valence-electron chi connectivity index (χ2n) is 9.56. The second kappa shape index (κ2) is 13.1. The lowest BCUT2D eigenvalue weighted by atomic mass is 10.2. The third-order valence-electron chi connectivity index (χ3n) is 4.71. The molecule has 0 saturated carbocycles. The molecule has 0 spiro atoms. The van der Waals surface area contributed by atoms with Crippen molar-refractivity contribution in [3.8, 4) is 0 Å². The monoisotopic (exact) mass is 503 g/mol. The normalized spacial score (nSPS) is 11.2. The number of thiophene rings is 1. The van der Waals surface area contributed by atoms with Crippen molar-refractivity contribution in [3.63, 3.8) is 0 Å². The van der Waals surface area contributed by atoms with Crippen molar-refractivity contribution in [3.05, 3.63) is 40.3 Å². The van der Waals surface area contributed by atoms with Crippen LogP contribution in [-0.2, 0) is 11.3 Å². The van der Waals surface area contributed by atoms with Crippen LogP contribution in [0.5, 0.6) is 0 Å². The lowest BCUT2D eigenvalue weighted by Gasteiger charge is -2.24. The van der Waals surface area contributed by atoms with Crippen molar-refractivity contribution in [1.29, 1.82) is 0 Å². The largest absolute Gasteiger partial charge is 0.444 e. The molecule has 2 rings (SSSR count). The predicted octanol–water partition coefficient (Wildman–Crippen LogP) is 5.85. The van der Waals surface area contributed by atoms with E-state index in [1.165, 1.54) is 11.3 Å². The standard InChI is InChI=1S/C25H37N5O4S/c1-7-8-9-12-30(23(32)27-17(2)3)14-18-10-11-19(26-13-18)22(31)28-20-15-35-16-21(20)29-24(33)34-25(4,5)6/h10-11,13,15-17H,7-9,12,14H2,1-6H3,(H,27,32)(H,28,31)(H,29,33). The summed E-state index contributed by atoms with van der Waals surface area (Å²) >= 11 is 1.34. The average Bonchev–Trinajstić information content (AvgIpc) is 3.17. The maximum Gasteiger partial charge on any atom is 0.412 e. The fourth-order valence-corrected chi connectivity index (χ4v) is 3.82. The lowest BCUT2D eigenvalue weighted by molar-refractivity contribution is 0.0635. The Kier molecular flexibility index (Phi) is 10.5. The van der Waals surface area contributed by atoms with Crippen LogP contribution in [0.25, 0.3) is 0 Å². The third-order valence-corrected chi connectivity index (χ3v) is 5.45. The molecule has 3 N–H and O–H groups in total. The minimum absolute atomic E-state index is 0.0483. The van der Waals surface area contributed by atoms with Gasteiger partial charge in [-0.25, -0.2) is 9.59 Å². The topological polar surface area (TPSA) is 113 Å². The predicted molar refractivity (Wildman–Crippen MR) is 140 cm³/mol. The van der Waals surface area contributed by atoms with Gasteiger partial charge in [0, 0.05) is 36.1 Å². The molecule has 0 bridgehead atoms. The first-order chi connectivity index (χ1) is 16.5. The van der Waals surface area contributed by atoms with Crippen LogP contribution >= 0.6 is 11.3 Å². The van der Waals surface area contributed by atoms with Gasteiger partial charge in [0.25, 0.3) is 5.91 Å². The van der Waals surface area contributed by atoms with Gasteiger partial charge >= 0.3 is 12.1 Å². The Morgan fingerprint density at radius 2 is 1.77 bits per heavy atom. The van der Waals surface area contributed by atoms with E-state index in [1.54, 1.807) is 54.8 Å². The van der Waals surface area contributed by atoms with Crippen LogP contribution in [-0.4, -0.2) is 46.1 Å². The molecular formula is C25H37N5O4S. The van der Waals surface area contributed by atoms with Gasteiger partial charge in [0.05, 0.1) is 11.4 Å². The van der Waals surface area contributed by atoms with Crippen molar-refractivity contribution in [1.82, 2.24) is 15.2 Å². The van der Waals surface area contributed by atoms with E-state index in [0.29, 0.717) is 24.5 Å². The van der Waals surface area contributed by atoms with Crippen molar-refractivity contribution in [2.45, 2.75) is 79.0 Å². The number of unbranched alkanes of at least 4 members (excludes halogenated alkanes) is 2. The molecular weight excluding hydrogens is 466 g/mol. The van der Waals surface area contributed by atoms with E-state index >= 15 is 0 Å². The maximum atomic E-state index is 12.7. The number of ether oxygens (including phenoxy) is 1. The van der Waals surface area contributed by atoms with Crippen LogP contribution in [0.4, 0.5) is 21.0 Å². The summed E-state index contributed by atoms with van der Waals surface area (Å²) in [5.41, 5.74) is 1.35. The first kappa shape index (κ1) is 28.1. The van der Waals surface area contributed by atoms with E-state index in [9.17, 15) is 14.4 Å². The van der Waals surface area contributed by atoms with E-state index in [-0.39, 0.29) is 17.8 Å². The molecule has 2 heterocycles. The molecule has 0 saturated heterocycles. The minimum atomic E-state index is -0.629. The molecule has 192 valence electrons. The Morgan fingerprint density at radius 3 is 2.34 bits per heavy atom. The molecule has 35 heavy (non-hydrogen) atoms. The summed E-state index contributed by atoms with van der Waals surface area (Å²) in [6.45, 7) is 12.4. The molecule has 0 radical (unpaired) electrons. The molecule has 0 aliphatic carbocycles. The number of carbonyl (C=O) groups excluding carboxylic acids is 3. The first-order valence-electron chi connectivity index (χ1n) is 11.9. The van der Waals surface area contributed by atoms with Crippen molar-refractivity contribution < 1.29 is 19.1 Å². The molecule has 9 nitrogen and oxygen atoms in total. The maximum absolute atomic E-state index is 12.7. The summed E-state index contributed by atoms with van der Waals surface area (Å²) in [4.78, 5) is 43.4. The Hall–Kier alpha value is -3.14. The highest BCUT2D eigenvalue weighted by Gasteiger charge is 2.19.